The molecule has 0 saturated carbocycles. The molecule has 0 radical (unpaired) electrons. The molecule has 0 amide bonds. The Kier molecular flexibility index (Phi) is 8.98. The first-order chi connectivity index (χ1) is 18.9. The molecule has 3 aromatic rings. The van der Waals surface area contributed by atoms with Gasteiger partial charge < -0.3 is 35.4 Å². The van der Waals surface area contributed by atoms with Crippen molar-refractivity contribution >= 4 is 11.0 Å². The second kappa shape index (κ2) is 12.4. The summed E-state index contributed by atoms with van der Waals surface area (Å²) in [5, 5.41) is 32.3. The first-order valence-electron chi connectivity index (χ1n) is 14.3. The van der Waals surface area contributed by atoms with E-state index in [9.17, 15) is 15.3 Å². The van der Waals surface area contributed by atoms with Gasteiger partial charge in [0.2, 0.25) is 0 Å². The van der Waals surface area contributed by atoms with Crippen LogP contribution in [0.4, 0.5) is 0 Å². The van der Waals surface area contributed by atoms with E-state index in [2.05, 4.69) is 46.1 Å². The van der Waals surface area contributed by atoms with Gasteiger partial charge in [-0.15, -0.1) is 0 Å². The summed E-state index contributed by atoms with van der Waals surface area (Å²) in [6, 6.07) is 16.2. The molecule has 0 bridgehead atoms. The van der Waals surface area contributed by atoms with Crippen LogP contribution in [0.3, 0.4) is 0 Å². The number of aliphatic hydroxyl groups is 3. The zero-order valence-corrected chi connectivity index (χ0v) is 23.0. The highest BCUT2D eigenvalue weighted by atomic mass is 16.7. The fourth-order valence-corrected chi connectivity index (χ4v) is 6.28. The molecule has 3 heterocycles. The Morgan fingerprint density at radius 1 is 1.05 bits per heavy atom. The number of β-amino-alcohol motifs (C(OH)–C–C–N with tert-alkyl or cyclic N) is 1. The molecular formula is C30H43N4O5+. The Morgan fingerprint density at radius 2 is 1.79 bits per heavy atom. The molecule has 1 aromatic heterocycles. The second-order valence-corrected chi connectivity index (χ2v) is 10.7. The van der Waals surface area contributed by atoms with Crippen molar-refractivity contribution in [2.45, 2.75) is 82.9 Å². The van der Waals surface area contributed by atoms with Crippen molar-refractivity contribution in [2.24, 2.45) is 5.73 Å². The molecule has 212 valence electrons. The van der Waals surface area contributed by atoms with Gasteiger partial charge in [0.05, 0.1) is 32.3 Å². The number of nitrogens with two attached hydrogens (primary N) is 1. The summed E-state index contributed by atoms with van der Waals surface area (Å²) in [5.41, 5.74) is 10.7. The van der Waals surface area contributed by atoms with Crippen molar-refractivity contribution in [1.29, 1.82) is 0 Å². The van der Waals surface area contributed by atoms with Gasteiger partial charge in [0, 0.05) is 12.1 Å². The Balaban J connectivity index is 1.19. The van der Waals surface area contributed by atoms with E-state index in [1.165, 1.54) is 16.6 Å². The summed E-state index contributed by atoms with van der Waals surface area (Å²) in [4.78, 5) is 2.19. The quantitative estimate of drug-likeness (QED) is 0.307. The van der Waals surface area contributed by atoms with Gasteiger partial charge in [-0.2, -0.15) is 0 Å². The van der Waals surface area contributed by atoms with Crippen molar-refractivity contribution in [3.63, 3.8) is 0 Å². The standard InChI is InChI=1S/C30H43N4O5/c1-3-33-23-11-10-22(16-24(23)34(4-2)27(33)17-31)20-12-14-32(15-13-20)18-25(35)28(37)29-26(36)19-38-30(39-29)21-8-6-5-7-9-21/h5-11,16,20,25-26,28-30,35-37H,3-4,12-15,17-19,31H2,1-2H3/q+1/t25?,26-,28?,29-,30?/m1/s1. The molecule has 2 aliphatic rings. The zero-order valence-electron chi connectivity index (χ0n) is 23.0. The number of fused-ring (bicyclic) bond motifs is 1. The average Bonchev–Trinajstić information content (AvgIpc) is 3.29. The van der Waals surface area contributed by atoms with Crippen LogP contribution in [0.5, 0.6) is 0 Å². The second-order valence-electron chi connectivity index (χ2n) is 10.7. The van der Waals surface area contributed by atoms with E-state index in [0.717, 1.165) is 50.4 Å². The van der Waals surface area contributed by atoms with Gasteiger partial charge in [0.1, 0.15) is 18.3 Å². The van der Waals surface area contributed by atoms with Gasteiger partial charge in [-0.1, -0.05) is 36.4 Å². The van der Waals surface area contributed by atoms with Crippen molar-refractivity contribution in [1.82, 2.24) is 9.47 Å². The molecule has 3 unspecified atom stereocenters. The number of aryl methyl sites for hydroxylation is 2. The normalized spacial score (nSPS) is 24.7. The average molecular weight is 540 g/mol. The van der Waals surface area contributed by atoms with E-state index in [-0.39, 0.29) is 6.61 Å². The maximum absolute atomic E-state index is 10.9. The monoisotopic (exact) mass is 539 g/mol. The molecule has 9 nitrogen and oxygen atoms in total. The maximum atomic E-state index is 10.9. The molecule has 2 aliphatic heterocycles. The van der Waals surface area contributed by atoms with Crippen molar-refractivity contribution in [3.05, 3.63) is 65.5 Å². The fraction of sp³-hybridized carbons (Fsp3) is 0.567. The lowest BCUT2D eigenvalue weighted by Gasteiger charge is -2.39. The first-order valence-corrected chi connectivity index (χ1v) is 14.3. The van der Waals surface area contributed by atoms with Gasteiger partial charge in [0.25, 0.3) is 5.82 Å². The molecule has 2 aromatic carbocycles. The van der Waals surface area contributed by atoms with Crippen LogP contribution >= 0.6 is 0 Å². The van der Waals surface area contributed by atoms with Crippen molar-refractivity contribution in [3.8, 4) is 0 Å². The van der Waals surface area contributed by atoms with Gasteiger partial charge in [0.15, 0.2) is 17.3 Å². The molecule has 0 spiro atoms. The lowest BCUT2D eigenvalue weighted by Crippen LogP contribution is -2.54. The molecular weight excluding hydrogens is 496 g/mol. The van der Waals surface area contributed by atoms with E-state index in [0.29, 0.717) is 19.0 Å². The Labute approximate surface area is 230 Å². The highest BCUT2D eigenvalue weighted by Gasteiger charge is 2.40. The predicted molar refractivity (Wildman–Crippen MR) is 148 cm³/mol. The Bertz CT molecular complexity index is 1230. The summed E-state index contributed by atoms with van der Waals surface area (Å²) < 4.78 is 16.1. The summed E-state index contributed by atoms with van der Waals surface area (Å²) in [6.45, 7) is 8.63. The van der Waals surface area contributed by atoms with Crippen LogP contribution in [0.15, 0.2) is 48.5 Å². The highest BCUT2D eigenvalue weighted by molar-refractivity contribution is 5.73. The smallest absolute Gasteiger partial charge is 0.271 e. The van der Waals surface area contributed by atoms with E-state index < -0.39 is 30.7 Å². The van der Waals surface area contributed by atoms with Crippen LogP contribution in [-0.4, -0.2) is 75.4 Å². The highest BCUT2D eigenvalue weighted by Crippen LogP contribution is 2.32. The molecule has 39 heavy (non-hydrogen) atoms. The molecule has 0 aliphatic carbocycles. The number of aromatic nitrogens is 2. The summed E-state index contributed by atoms with van der Waals surface area (Å²) >= 11 is 0. The Hall–Kier alpha value is -2.37. The Morgan fingerprint density at radius 3 is 2.46 bits per heavy atom. The third-order valence-electron chi connectivity index (χ3n) is 8.40. The number of aliphatic hydroxyl groups excluding tert-OH is 3. The first kappa shape index (κ1) is 28.2. The number of hydrogen-bond donors (Lipinski definition) is 4. The molecule has 9 heteroatoms. The largest absolute Gasteiger partial charge is 0.389 e. The third-order valence-corrected chi connectivity index (χ3v) is 8.40. The SMILES string of the molecule is CCn1c(CN)[n+](CC)c2ccc(C3CCN(CC(O)C(O)[C@@H]4OC(c5ccccc5)OC[C@H]4O)CC3)cc21. The minimum atomic E-state index is -1.22. The van der Waals surface area contributed by atoms with Crippen LogP contribution < -0.4 is 10.3 Å². The van der Waals surface area contributed by atoms with Gasteiger partial charge in [-0.3, -0.25) is 0 Å². The maximum Gasteiger partial charge on any atom is 0.271 e. The number of imidazole rings is 1. The minimum absolute atomic E-state index is 0.0379. The van der Waals surface area contributed by atoms with E-state index in [1.54, 1.807) is 0 Å². The van der Waals surface area contributed by atoms with Crippen LogP contribution in [0, 0.1) is 0 Å². The van der Waals surface area contributed by atoms with E-state index >= 15 is 0 Å². The van der Waals surface area contributed by atoms with E-state index in [1.807, 2.05) is 30.3 Å². The summed E-state index contributed by atoms with van der Waals surface area (Å²) in [5.74, 6) is 1.60. The molecule has 5 rings (SSSR count). The van der Waals surface area contributed by atoms with Crippen LogP contribution in [0.2, 0.25) is 0 Å². The number of ether oxygens (including phenoxy) is 2. The lowest BCUT2D eigenvalue weighted by atomic mass is 9.89. The number of benzene rings is 2. The van der Waals surface area contributed by atoms with Crippen LogP contribution in [-0.2, 0) is 29.1 Å². The van der Waals surface area contributed by atoms with Crippen LogP contribution in [0.25, 0.3) is 11.0 Å². The van der Waals surface area contributed by atoms with E-state index in [4.69, 9.17) is 15.2 Å². The third kappa shape index (κ3) is 5.76. The van der Waals surface area contributed by atoms with Gasteiger partial charge in [-0.05, 0) is 63.4 Å². The van der Waals surface area contributed by atoms with Crippen molar-refractivity contribution < 1.29 is 29.4 Å². The summed E-state index contributed by atoms with van der Waals surface area (Å²) in [6.07, 6.45) is -2.93. The van der Waals surface area contributed by atoms with Gasteiger partial charge >= 0.3 is 0 Å². The van der Waals surface area contributed by atoms with Crippen LogP contribution in [0.1, 0.15) is 55.8 Å². The number of rotatable bonds is 9. The lowest BCUT2D eigenvalue weighted by molar-refractivity contribution is -0.676. The zero-order chi connectivity index (χ0) is 27.5. The van der Waals surface area contributed by atoms with Crippen molar-refractivity contribution in [2.75, 3.05) is 26.2 Å². The number of nitrogens with zero attached hydrogens (tertiary/aromatic N) is 3. The predicted octanol–water partition coefficient (Wildman–Crippen LogP) is 1.80. The molecule has 5 N–H and O–H groups in total. The molecule has 5 atom stereocenters. The number of piperidine rings is 1. The number of likely N-dealkylation sites (tertiary alicyclic amines) is 1. The molecule has 2 fully saturated rings. The van der Waals surface area contributed by atoms with Gasteiger partial charge in [-0.25, -0.2) is 9.13 Å². The molecule has 2 saturated heterocycles. The topological polar surface area (TPSA) is 117 Å². The fourth-order valence-electron chi connectivity index (χ4n) is 6.28. The minimum Gasteiger partial charge on any atom is -0.389 e. The number of hydrogen-bond acceptors (Lipinski definition) is 7. The summed E-state index contributed by atoms with van der Waals surface area (Å²) in [7, 11) is 0.